The Morgan fingerprint density at radius 2 is 1.28 bits per heavy atom. The van der Waals surface area contributed by atoms with Gasteiger partial charge in [-0.2, -0.15) is 0 Å². The summed E-state index contributed by atoms with van der Waals surface area (Å²) in [6.07, 6.45) is 5.53. The number of rotatable bonds is 20. The van der Waals surface area contributed by atoms with Crippen molar-refractivity contribution in [3.8, 4) is 0 Å². The van der Waals surface area contributed by atoms with E-state index in [9.17, 15) is 28.6 Å². The van der Waals surface area contributed by atoms with E-state index in [1.165, 1.54) is 0 Å². The van der Waals surface area contributed by atoms with E-state index in [4.69, 9.17) is 4.74 Å². The second-order valence-corrected chi connectivity index (χ2v) is 17.0. The van der Waals surface area contributed by atoms with Crippen molar-refractivity contribution in [2.45, 2.75) is 102 Å². The zero-order chi connectivity index (χ0) is 38.1. The van der Waals surface area contributed by atoms with Gasteiger partial charge in [-0.25, -0.2) is 4.79 Å². The van der Waals surface area contributed by atoms with E-state index in [0.717, 1.165) is 48.8 Å². The fourth-order valence-corrected chi connectivity index (χ4v) is 9.03. The zero-order valence-electron chi connectivity index (χ0n) is 30.8. The van der Waals surface area contributed by atoms with Crippen molar-refractivity contribution in [3.05, 3.63) is 108 Å². The van der Waals surface area contributed by atoms with Crippen LogP contribution in [0.5, 0.6) is 0 Å². The van der Waals surface area contributed by atoms with Crippen molar-refractivity contribution in [3.63, 3.8) is 0 Å². The maximum Gasteiger partial charge on any atom is 0.408 e. The van der Waals surface area contributed by atoms with Crippen LogP contribution in [0.4, 0.5) is 4.79 Å². The third-order valence-corrected chi connectivity index (χ3v) is 11.9. The fraction of sp³-hybridized carbons (Fsp3) is 0.463. The number of carbonyl (C=O) groups is 4. The first kappa shape index (κ1) is 41.3. The molecule has 53 heavy (non-hydrogen) atoms. The first-order valence-electron chi connectivity index (χ1n) is 18.7. The molecule has 1 aliphatic rings. The summed E-state index contributed by atoms with van der Waals surface area (Å²) in [7, 11) is -4.08. The lowest BCUT2D eigenvalue weighted by atomic mass is 9.87. The largest absolute Gasteiger partial charge is 0.445 e. The van der Waals surface area contributed by atoms with Gasteiger partial charge in [-0.05, 0) is 41.4 Å². The van der Waals surface area contributed by atoms with E-state index in [-0.39, 0.29) is 37.4 Å². The molecule has 11 nitrogen and oxygen atoms in total. The number of alkyl carbamates (subject to hydrolysis) is 1. The van der Waals surface area contributed by atoms with Crippen LogP contribution in [0.2, 0.25) is 0 Å². The maximum absolute atomic E-state index is 14.3. The molecule has 0 aromatic heterocycles. The number of hydrogen-bond acceptors (Lipinski definition) is 6. The third-order valence-electron chi connectivity index (χ3n) is 9.64. The quantitative estimate of drug-likeness (QED) is 0.0690. The standard InChI is InChI=1S/C41H55N4O7P/c1-30(2)23-35(42-29-46)28-53(50,51)38(26-33-19-11-5-12-20-33)45-40(48)36(24-31-15-7-3-8-16-31)43-39(47)37(25-32-17-9-4-10-18-32)44-41(49)52-27-34-21-13-6-14-22-34/h3-4,6-10,13-18,21-22,29-30,33,35-38H,5,11-12,19-20,23-28H2,1-2H3,(H,42,46)(H,43,47)(H,44,49)(H,45,48)(H,50,51)/t35?,36-,37-,38?/m0/s1. The van der Waals surface area contributed by atoms with Crippen molar-refractivity contribution in [1.82, 2.24) is 21.3 Å². The lowest BCUT2D eigenvalue weighted by Crippen LogP contribution is -2.56. The van der Waals surface area contributed by atoms with E-state index in [1.54, 1.807) is 0 Å². The molecule has 1 fully saturated rings. The van der Waals surface area contributed by atoms with Crippen molar-refractivity contribution in [1.29, 1.82) is 0 Å². The fourth-order valence-electron chi connectivity index (χ4n) is 6.93. The summed E-state index contributed by atoms with van der Waals surface area (Å²) in [5.74, 6) is -1.98. The molecule has 0 spiro atoms. The van der Waals surface area contributed by atoms with Crippen LogP contribution in [-0.4, -0.2) is 59.3 Å². The molecule has 4 rings (SSSR count). The number of carbonyl (C=O) groups excluding carboxylic acids is 4. The molecule has 5 N–H and O–H groups in total. The Balaban J connectivity index is 1.58. The molecule has 0 bridgehead atoms. The van der Waals surface area contributed by atoms with E-state index in [2.05, 4.69) is 21.3 Å². The molecule has 286 valence electrons. The minimum Gasteiger partial charge on any atom is -0.445 e. The van der Waals surface area contributed by atoms with E-state index >= 15 is 0 Å². The number of hydrogen-bond donors (Lipinski definition) is 5. The lowest BCUT2D eigenvalue weighted by molar-refractivity contribution is -0.130. The van der Waals surface area contributed by atoms with Gasteiger partial charge in [0.05, 0.1) is 0 Å². The SMILES string of the molecule is CC(C)CC(CP(=O)(O)C(CC1CCCCC1)NC(=O)[C@H](Cc1ccccc1)NC(=O)[C@H](Cc1ccccc1)NC(=O)OCc1ccccc1)NC=O. The summed E-state index contributed by atoms with van der Waals surface area (Å²) in [6.45, 7) is 3.96. The van der Waals surface area contributed by atoms with Gasteiger partial charge in [0.25, 0.3) is 0 Å². The highest BCUT2D eigenvalue weighted by molar-refractivity contribution is 7.58. The minimum atomic E-state index is -4.08. The van der Waals surface area contributed by atoms with Crippen LogP contribution in [0.3, 0.4) is 0 Å². The molecule has 0 radical (unpaired) electrons. The van der Waals surface area contributed by atoms with Crippen LogP contribution in [0, 0.1) is 11.8 Å². The van der Waals surface area contributed by atoms with E-state index in [0.29, 0.717) is 19.3 Å². The second-order valence-electron chi connectivity index (χ2n) is 14.5. The topological polar surface area (TPSA) is 163 Å². The Morgan fingerprint density at radius 3 is 1.81 bits per heavy atom. The molecule has 0 saturated heterocycles. The van der Waals surface area contributed by atoms with Gasteiger partial charge in [0.2, 0.25) is 25.6 Å². The van der Waals surface area contributed by atoms with Crippen LogP contribution >= 0.6 is 7.37 Å². The van der Waals surface area contributed by atoms with Gasteiger partial charge in [0.1, 0.15) is 24.5 Å². The van der Waals surface area contributed by atoms with Gasteiger partial charge in [-0.1, -0.05) is 137 Å². The lowest BCUT2D eigenvalue weighted by Gasteiger charge is -2.33. The zero-order valence-corrected chi connectivity index (χ0v) is 31.7. The first-order chi connectivity index (χ1) is 25.5. The normalized spacial score (nSPS) is 16.6. The summed E-state index contributed by atoms with van der Waals surface area (Å²) in [5, 5.41) is 11.2. The van der Waals surface area contributed by atoms with Crippen LogP contribution < -0.4 is 21.3 Å². The first-order valence-corrected chi connectivity index (χ1v) is 20.6. The Morgan fingerprint density at radius 1 is 0.774 bits per heavy atom. The van der Waals surface area contributed by atoms with E-state index < -0.39 is 49.2 Å². The van der Waals surface area contributed by atoms with Gasteiger partial charge < -0.3 is 30.9 Å². The molecule has 4 amide bonds. The van der Waals surface area contributed by atoms with Crippen molar-refractivity contribution < 1.29 is 33.4 Å². The van der Waals surface area contributed by atoms with Crippen LogP contribution in [0.15, 0.2) is 91.0 Å². The third kappa shape index (κ3) is 14.5. The van der Waals surface area contributed by atoms with Crippen LogP contribution in [0.1, 0.15) is 75.5 Å². The van der Waals surface area contributed by atoms with Crippen LogP contribution in [0.25, 0.3) is 0 Å². The predicted molar refractivity (Wildman–Crippen MR) is 206 cm³/mol. The smallest absolute Gasteiger partial charge is 0.408 e. The highest BCUT2D eigenvalue weighted by atomic mass is 31.2. The molecule has 3 aromatic carbocycles. The average molecular weight is 747 g/mol. The molecule has 0 heterocycles. The number of nitrogens with one attached hydrogen (secondary N) is 4. The predicted octanol–water partition coefficient (Wildman–Crippen LogP) is 6.10. The molecular weight excluding hydrogens is 691 g/mol. The van der Waals surface area contributed by atoms with Gasteiger partial charge in [0.15, 0.2) is 0 Å². The van der Waals surface area contributed by atoms with Gasteiger partial charge in [0, 0.05) is 25.0 Å². The van der Waals surface area contributed by atoms with E-state index in [1.807, 2.05) is 105 Å². The monoisotopic (exact) mass is 746 g/mol. The van der Waals surface area contributed by atoms with Gasteiger partial charge in [-0.3, -0.25) is 18.9 Å². The number of amides is 4. The van der Waals surface area contributed by atoms with Gasteiger partial charge in [-0.15, -0.1) is 0 Å². The van der Waals surface area contributed by atoms with Crippen molar-refractivity contribution >= 4 is 31.7 Å². The Kier molecular flexibility index (Phi) is 16.6. The molecule has 0 aliphatic heterocycles. The average Bonchev–Trinajstić information content (AvgIpc) is 3.14. The summed E-state index contributed by atoms with van der Waals surface area (Å²) < 4.78 is 19.7. The molecule has 1 saturated carbocycles. The number of ether oxygens (including phenoxy) is 1. The minimum absolute atomic E-state index is 0.00931. The number of benzene rings is 3. The molecule has 12 heteroatoms. The highest BCUT2D eigenvalue weighted by Crippen LogP contribution is 2.49. The molecule has 5 atom stereocenters. The summed E-state index contributed by atoms with van der Waals surface area (Å²) >= 11 is 0. The molecule has 3 unspecified atom stereocenters. The van der Waals surface area contributed by atoms with Crippen molar-refractivity contribution in [2.24, 2.45) is 11.8 Å². The maximum atomic E-state index is 14.3. The summed E-state index contributed by atoms with van der Waals surface area (Å²) in [5.41, 5.74) is 2.34. The second kappa shape index (κ2) is 21.3. The van der Waals surface area contributed by atoms with Crippen LogP contribution in [-0.2, 0) is 43.1 Å². The highest BCUT2D eigenvalue weighted by Gasteiger charge is 2.38. The molecular formula is C41H55N4O7P. The van der Waals surface area contributed by atoms with Crippen molar-refractivity contribution in [2.75, 3.05) is 6.16 Å². The molecule has 1 aliphatic carbocycles. The van der Waals surface area contributed by atoms with Gasteiger partial charge >= 0.3 is 6.09 Å². The Hall–Kier alpha value is -4.47. The Bertz CT molecular complexity index is 1620. The molecule has 3 aromatic rings. The summed E-state index contributed by atoms with van der Waals surface area (Å²) in [6, 6.07) is 24.8. The Labute approximate surface area is 313 Å². The summed E-state index contributed by atoms with van der Waals surface area (Å²) in [4.78, 5) is 64.4.